The zero-order valence-corrected chi connectivity index (χ0v) is 15.7. The third-order valence-corrected chi connectivity index (χ3v) is 4.72. The van der Waals surface area contributed by atoms with Crippen LogP contribution in [-0.2, 0) is 4.79 Å². The largest absolute Gasteiger partial charge is 0.493 e. The Morgan fingerprint density at radius 3 is 2.52 bits per heavy atom. The maximum absolute atomic E-state index is 14.2. The number of aromatic amines is 1. The molecule has 8 nitrogen and oxygen atoms in total. The highest BCUT2D eigenvalue weighted by molar-refractivity contribution is 6.25. The van der Waals surface area contributed by atoms with Gasteiger partial charge >= 0.3 is 0 Å². The molecule has 0 radical (unpaired) electrons. The Hall–Kier alpha value is -3.88. The molecule has 2 aromatic carbocycles. The molecule has 3 aromatic rings. The second kappa shape index (κ2) is 6.93. The van der Waals surface area contributed by atoms with Crippen molar-refractivity contribution in [2.45, 2.75) is 0 Å². The predicted octanol–water partition coefficient (Wildman–Crippen LogP) is 1.80. The van der Waals surface area contributed by atoms with Crippen LogP contribution in [0.5, 0.6) is 11.5 Å². The van der Waals surface area contributed by atoms with Crippen LogP contribution in [0.3, 0.4) is 0 Å². The zero-order valence-electron chi connectivity index (χ0n) is 15.7. The van der Waals surface area contributed by atoms with Crippen molar-refractivity contribution in [2.24, 2.45) is 5.73 Å². The highest BCUT2D eigenvalue weighted by Gasteiger charge is 2.33. The third kappa shape index (κ3) is 2.96. The van der Waals surface area contributed by atoms with Gasteiger partial charge in [0.05, 0.1) is 37.4 Å². The lowest BCUT2D eigenvalue weighted by Gasteiger charge is -2.19. The quantitative estimate of drug-likeness (QED) is 0.692. The van der Waals surface area contributed by atoms with Crippen LogP contribution in [0.15, 0.2) is 47.0 Å². The summed E-state index contributed by atoms with van der Waals surface area (Å²) < 4.78 is 24.6. The molecule has 148 valence electrons. The number of halogens is 1. The number of hydrogen-bond acceptors (Lipinski definition) is 7. The number of ketones is 1. The Kier molecular flexibility index (Phi) is 4.42. The van der Waals surface area contributed by atoms with Crippen molar-refractivity contribution < 1.29 is 18.7 Å². The number of nitrogens with one attached hydrogen (secondary N) is 1. The molecule has 0 saturated carbocycles. The highest BCUT2D eigenvalue weighted by atomic mass is 19.1. The SMILES string of the molecule is COc1cc2nc(C3=C(N)N(c4ccccc4F)CC3=O)[nH]c(=O)c2cc1OC. The number of Topliss-reactive ketones (excluding diaryl/α,β-unsaturated/α-hetero) is 1. The normalized spacial score (nSPS) is 14.0. The van der Waals surface area contributed by atoms with Crippen LogP contribution >= 0.6 is 0 Å². The summed E-state index contributed by atoms with van der Waals surface area (Å²) in [5.41, 5.74) is 6.19. The van der Waals surface area contributed by atoms with E-state index in [2.05, 4.69) is 9.97 Å². The summed E-state index contributed by atoms with van der Waals surface area (Å²) in [6, 6.07) is 9.03. The van der Waals surface area contributed by atoms with E-state index in [9.17, 15) is 14.0 Å². The molecule has 3 N–H and O–H groups in total. The molecule has 1 aliphatic heterocycles. The molecule has 9 heteroatoms. The number of anilines is 1. The molecule has 29 heavy (non-hydrogen) atoms. The fraction of sp³-hybridized carbons (Fsp3) is 0.150. The Morgan fingerprint density at radius 1 is 1.14 bits per heavy atom. The first-order chi connectivity index (χ1) is 13.9. The Balaban J connectivity index is 1.88. The number of hydrogen-bond donors (Lipinski definition) is 2. The average molecular weight is 396 g/mol. The zero-order chi connectivity index (χ0) is 20.7. The Bertz CT molecular complexity index is 1230. The predicted molar refractivity (Wildman–Crippen MR) is 105 cm³/mol. The minimum atomic E-state index is -0.513. The van der Waals surface area contributed by atoms with E-state index < -0.39 is 11.4 Å². The topological polar surface area (TPSA) is 111 Å². The maximum atomic E-state index is 14.2. The fourth-order valence-electron chi connectivity index (χ4n) is 3.31. The molecular formula is C20H17FN4O4. The molecule has 0 atom stereocenters. The van der Waals surface area contributed by atoms with E-state index >= 15 is 0 Å². The minimum Gasteiger partial charge on any atom is -0.493 e. The van der Waals surface area contributed by atoms with Crippen LogP contribution in [0.1, 0.15) is 5.82 Å². The van der Waals surface area contributed by atoms with Gasteiger partial charge in [0.2, 0.25) is 0 Å². The summed E-state index contributed by atoms with van der Waals surface area (Å²) in [4.78, 5) is 33.6. The molecule has 1 aromatic heterocycles. The number of para-hydroxylation sites is 1. The van der Waals surface area contributed by atoms with E-state index in [1.54, 1.807) is 12.1 Å². The first kappa shape index (κ1) is 18.5. The third-order valence-electron chi connectivity index (χ3n) is 4.72. The van der Waals surface area contributed by atoms with E-state index in [0.29, 0.717) is 17.0 Å². The van der Waals surface area contributed by atoms with Crippen molar-refractivity contribution in [3.8, 4) is 11.5 Å². The monoisotopic (exact) mass is 396 g/mol. The summed E-state index contributed by atoms with van der Waals surface area (Å²) >= 11 is 0. The fourth-order valence-corrected chi connectivity index (χ4v) is 3.31. The maximum Gasteiger partial charge on any atom is 0.259 e. The average Bonchev–Trinajstić information content (AvgIpc) is 3.01. The number of aromatic nitrogens is 2. The highest BCUT2D eigenvalue weighted by Crippen LogP contribution is 2.33. The van der Waals surface area contributed by atoms with Crippen molar-refractivity contribution in [3.05, 3.63) is 64.2 Å². The smallest absolute Gasteiger partial charge is 0.259 e. The van der Waals surface area contributed by atoms with Crippen LogP contribution < -0.4 is 25.7 Å². The summed E-state index contributed by atoms with van der Waals surface area (Å²) in [6.07, 6.45) is 0. The molecule has 0 saturated heterocycles. The molecule has 0 unspecified atom stereocenters. The molecule has 1 aliphatic rings. The number of nitrogens with two attached hydrogens (primary N) is 1. The second-order valence-corrected chi connectivity index (χ2v) is 6.36. The van der Waals surface area contributed by atoms with Crippen molar-refractivity contribution in [2.75, 3.05) is 25.7 Å². The number of H-pyrrole nitrogens is 1. The van der Waals surface area contributed by atoms with Gasteiger partial charge in [-0.3, -0.25) is 9.59 Å². The number of methoxy groups -OCH3 is 2. The van der Waals surface area contributed by atoms with Gasteiger partial charge in [0, 0.05) is 6.07 Å². The van der Waals surface area contributed by atoms with Crippen LogP contribution in [0.25, 0.3) is 16.5 Å². The summed E-state index contributed by atoms with van der Waals surface area (Å²) in [7, 11) is 2.92. The standard InChI is InChI=1S/C20H17FN4O4/c1-28-15-7-10-12(8-16(15)29-2)23-19(24-20(10)27)17-14(26)9-25(18(17)22)13-6-4-3-5-11(13)21/h3-8H,9,22H2,1-2H3,(H,23,24,27). The van der Waals surface area contributed by atoms with E-state index in [4.69, 9.17) is 15.2 Å². The van der Waals surface area contributed by atoms with Gasteiger partial charge in [0.25, 0.3) is 5.56 Å². The van der Waals surface area contributed by atoms with Crippen LogP contribution in [0.4, 0.5) is 10.1 Å². The van der Waals surface area contributed by atoms with Gasteiger partial charge in [-0.15, -0.1) is 0 Å². The summed E-state index contributed by atoms with van der Waals surface area (Å²) in [5.74, 6) is -0.104. The lowest BCUT2D eigenvalue weighted by Crippen LogP contribution is -2.26. The van der Waals surface area contributed by atoms with Gasteiger partial charge in [0.1, 0.15) is 23.0 Å². The van der Waals surface area contributed by atoms with E-state index in [1.807, 2.05) is 0 Å². The van der Waals surface area contributed by atoms with Gasteiger partial charge in [-0.25, -0.2) is 9.37 Å². The summed E-state index contributed by atoms with van der Waals surface area (Å²) in [6.45, 7) is -0.157. The van der Waals surface area contributed by atoms with Gasteiger partial charge in [-0.05, 0) is 18.2 Å². The Morgan fingerprint density at radius 2 is 1.83 bits per heavy atom. The van der Waals surface area contributed by atoms with Crippen LogP contribution in [0.2, 0.25) is 0 Å². The van der Waals surface area contributed by atoms with Gasteiger partial charge in [-0.1, -0.05) is 12.1 Å². The molecule has 4 rings (SSSR count). The molecule has 0 bridgehead atoms. The first-order valence-electron chi connectivity index (χ1n) is 8.66. The van der Waals surface area contributed by atoms with Crippen LogP contribution in [-0.4, -0.2) is 36.5 Å². The van der Waals surface area contributed by atoms with E-state index in [-0.39, 0.29) is 40.6 Å². The molecule has 0 aliphatic carbocycles. The Labute approximate surface area is 164 Å². The number of ether oxygens (including phenoxy) is 2. The lowest BCUT2D eigenvalue weighted by molar-refractivity contribution is -0.112. The van der Waals surface area contributed by atoms with Crippen molar-refractivity contribution in [3.63, 3.8) is 0 Å². The molecule has 0 fully saturated rings. The molecule has 2 heterocycles. The lowest BCUT2D eigenvalue weighted by atomic mass is 10.1. The number of carbonyl (C=O) groups is 1. The van der Waals surface area contributed by atoms with E-state index in [1.165, 1.54) is 43.4 Å². The summed E-state index contributed by atoms with van der Waals surface area (Å²) in [5, 5.41) is 0.266. The minimum absolute atomic E-state index is 0.0102. The number of nitrogens with zero attached hydrogens (tertiary/aromatic N) is 2. The molecular weight excluding hydrogens is 379 g/mol. The number of rotatable bonds is 4. The van der Waals surface area contributed by atoms with Gasteiger partial charge in [-0.2, -0.15) is 0 Å². The number of carbonyl (C=O) groups excluding carboxylic acids is 1. The molecule has 0 spiro atoms. The van der Waals surface area contributed by atoms with Crippen LogP contribution in [0, 0.1) is 5.82 Å². The van der Waals surface area contributed by atoms with Gasteiger partial charge in [0.15, 0.2) is 17.3 Å². The number of benzene rings is 2. The molecule has 0 amide bonds. The number of fused-ring (bicyclic) bond motifs is 1. The van der Waals surface area contributed by atoms with Crippen molar-refractivity contribution >= 4 is 27.9 Å². The van der Waals surface area contributed by atoms with Gasteiger partial charge < -0.3 is 25.1 Å². The van der Waals surface area contributed by atoms with Crippen molar-refractivity contribution in [1.82, 2.24) is 9.97 Å². The first-order valence-corrected chi connectivity index (χ1v) is 8.66. The van der Waals surface area contributed by atoms with E-state index in [0.717, 1.165) is 0 Å². The van der Waals surface area contributed by atoms with Crippen molar-refractivity contribution in [1.29, 1.82) is 0 Å². The second-order valence-electron chi connectivity index (χ2n) is 6.36.